The molecule has 0 aromatic heterocycles. The number of benzene rings is 1. The maximum Gasteiger partial charge on any atom is 0.410 e. The third-order valence-electron chi connectivity index (χ3n) is 6.61. The molecule has 1 saturated heterocycles. The van der Waals surface area contributed by atoms with Crippen molar-refractivity contribution in [3.05, 3.63) is 35.4 Å². The number of carbonyl (C=O) groups is 2. The Morgan fingerprint density at radius 1 is 1.31 bits per heavy atom. The Bertz CT molecular complexity index is 718. The van der Waals surface area contributed by atoms with Gasteiger partial charge in [0, 0.05) is 19.0 Å². The highest BCUT2D eigenvalue weighted by Crippen LogP contribution is 2.46. The second-order valence-corrected chi connectivity index (χ2v) is 8.64. The first-order valence-electron chi connectivity index (χ1n) is 9.69. The van der Waals surface area contributed by atoms with Crippen molar-refractivity contribution in [2.24, 2.45) is 5.92 Å². The van der Waals surface area contributed by atoms with Gasteiger partial charge in [-0.2, -0.15) is 0 Å². The molecule has 1 aliphatic heterocycles. The van der Waals surface area contributed by atoms with Crippen LogP contribution in [-0.4, -0.2) is 42.1 Å². The molecule has 2 saturated carbocycles. The Morgan fingerprint density at radius 2 is 2.04 bits per heavy atom. The molecule has 4 rings (SSSR count). The zero-order valence-corrected chi connectivity index (χ0v) is 15.8. The normalized spacial score (nSPS) is 33.0. The minimum Gasteiger partial charge on any atom is -0.447 e. The number of carbonyl (C=O) groups excluding carboxylic acids is 2. The van der Waals surface area contributed by atoms with Crippen molar-refractivity contribution < 1.29 is 14.3 Å². The van der Waals surface area contributed by atoms with E-state index in [1.54, 1.807) is 11.9 Å². The Hall–Kier alpha value is -2.04. The number of nitrogens with zero attached hydrogens (tertiary/aromatic N) is 1. The first-order valence-corrected chi connectivity index (χ1v) is 9.69. The second kappa shape index (κ2) is 6.29. The Labute approximate surface area is 155 Å². The molecule has 26 heavy (non-hydrogen) atoms. The minimum atomic E-state index is -0.269. The highest BCUT2D eigenvalue weighted by atomic mass is 16.6. The average Bonchev–Trinajstić information content (AvgIpc) is 2.85. The molecule has 3 aliphatic rings. The van der Waals surface area contributed by atoms with Crippen LogP contribution in [0.1, 0.15) is 62.5 Å². The zero-order chi connectivity index (χ0) is 18.5. The molecule has 2 aliphatic carbocycles. The lowest BCUT2D eigenvalue weighted by atomic mass is 9.67. The van der Waals surface area contributed by atoms with Crippen LogP contribution in [0.3, 0.4) is 0 Å². The fourth-order valence-corrected chi connectivity index (χ4v) is 4.52. The summed E-state index contributed by atoms with van der Waals surface area (Å²) in [7, 11) is 1.77. The second-order valence-electron chi connectivity index (χ2n) is 8.64. The van der Waals surface area contributed by atoms with Gasteiger partial charge in [-0.05, 0) is 48.6 Å². The van der Waals surface area contributed by atoms with E-state index in [1.807, 2.05) is 0 Å². The summed E-state index contributed by atoms with van der Waals surface area (Å²) in [5, 5.41) is 3.20. The molecule has 0 atom stereocenters. The van der Waals surface area contributed by atoms with Gasteiger partial charge in [0.2, 0.25) is 5.91 Å². The van der Waals surface area contributed by atoms with Crippen LogP contribution in [0, 0.1) is 5.92 Å². The number of hydrogen-bond acceptors (Lipinski definition) is 3. The van der Waals surface area contributed by atoms with Gasteiger partial charge in [-0.15, -0.1) is 0 Å². The predicted molar refractivity (Wildman–Crippen MR) is 99.0 cm³/mol. The van der Waals surface area contributed by atoms with Crippen LogP contribution in [0.2, 0.25) is 0 Å². The van der Waals surface area contributed by atoms with E-state index in [9.17, 15) is 9.59 Å². The number of likely N-dealkylation sites (N-methyl/N-ethyl adjacent to an activating group) is 1. The molecule has 0 radical (unpaired) electrons. The lowest BCUT2D eigenvalue weighted by Crippen LogP contribution is -2.59. The van der Waals surface area contributed by atoms with Crippen molar-refractivity contribution in [2.45, 2.75) is 62.9 Å². The molecular weight excluding hydrogens is 328 g/mol. The monoisotopic (exact) mass is 356 g/mol. The number of amides is 2. The van der Waals surface area contributed by atoms with E-state index < -0.39 is 0 Å². The van der Waals surface area contributed by atoms with E-state index in [1.165, 1.54) is 11.1 Å². The molecule has 1 spiro atoms. The Kier molecular flexibility index (Phi) is 4.20. The van der Waals surface area contributed by atoms with Gasteiger partial charge < -0.3 is 15.0 Å². The van der Waals surface area contributed by atoms with Crippen LogP contribution in [0.5, 0.6) is 0 Å². The summed E-state index contributed by atoms with van der Waals surface area (Å²) in [5.41, 5.74) is 2.54. The first kappa shape index (κ1) is 17.4. The quantitative estimate of drug-likeness (QED) is 0.899. The number of cyclic esters (lactones) is 1. The van der Waals surface area contributed by atoms with E-state index in [-0.39, 0.29) is 29.5 Å². The van der Waals surface area contributed by atoms with Gasteiger partial charge in [0.05, 0.1) is 5.54 Å². The number of nitrogens with one attached hydrogen (secondary N) is 1. The molecule has 140 valence electrons. The summed E-state index contributed by atoms with van der Waals surface area (Å²) in [6.07, 6.45) is 3.20. The van der Waals surface area contributed by atoms with Gasteiger partial charge in [0.25, 0.3) is 0 Å². The van der Waals surface area contributed by atoms with Gasteiger partial charge in [-0.1, -0.05) is 38.1 Å². The van der Waals surface area contributed by atoms with Gasteiger partial charge in [-0.25, -0.2) is 4.79 Å². The largest absolute Gasteiger partial charge is 0.447 e. The molecule has 5 nitrogen and oxygen atoms in total. The van der Waals surface area contributed by atoms with Crippen molar-refractivity contribution in [3.63, 3.8) is 0 Å². The maximum atomic E-state index is 12.5. The molecule has 1 N–H and O–H groups in total. The van der Waals surface area contributed by atoms with Gasteiger partial charge in [0.15, 0.2) is 0 Å². The standard InChI is InChI=1S/C21H28N2O3/c1-13(2)14-5-4-6-15(7-14)16-8-18(9-16)22-19(24)17-10-21(11-17)12-26-20(25)23(21)3/h4-7,13,16-18H,8-12H2,1-3H3,(H,22,24). The van der Waals surface area contributed by atoms with Crippen molar-refractivity contribution in [1.82, 2.24) is 10.2 Å². The van der Waals surface area contributed by atoms with E-state index in [0.717, 1.165) is 12.8 Å². The molecule has 0 bridgehead atoms. The van der Waals surface area contributed by atoms with Crippen molar-refractivity contribution in [2.75, 3.05) is 13.7 Å². The van der Waals surface area contributed by atoms with Crippen molar-refractivity contribution >= 4 is 12.0 Å². The van der Waals surface area contributed by atoms with Crippen LogP contribution in [0.15, 0.2) is 24.3 Å². The molecule has 1 aromatic carbocycles. The van der Waals surface area contributed by atoms with Crippen LogP contribution in [0.25, 0.3) is 0 Å². The highest BCUT2D eigenvalue weighted by Gasteiger charge is 2.56. The number of rotatable bonds is 4. The van der Waals surface area contributed by atoms with Gasteiger partial charge in [0.1, 0.15) is 6.61 Å². The summed E-state index contributed by atoms with van der Waals surface area (Å²) in [6.45, 7) is 4.85. The van der Waals surface area contributed by atoms with E-state index in [0.29, 0.717) is 31.3 Å². The maximum absolute atomic E-state index is 12.5. The van der Waals surface area contributed by atoms with E-state index in [4.69, 9.17) is 4.74 Å². The lowest BCUT2D eigenvalue weighted by Gasteiger charge is -2.47. The smallest absolute Gasteiger partial charge is 0.410 e. The first-order chi connectivity index (χ1) is 12.4. The molecule has 2 amide bonds. The number of ether oxygens (including phenoxy) is 1. The topological polar surface area (TPSA) is 58.6 Å². The summed E-state index contributed by atoms with van der Waals surface area (Å²) in [5.74, 6) is 1.25. The Balaban J connectivity index is 1.26. The lowest BCUT2D eigenvalue weighted by molar-refractivity contribution is -0.133. The van der Waals surface area contributed by atoms with Crippen LogP contribution < -0.4 is 5.32 Å². The van der Waals surface area contributed by atoms with Gasteiger partial charge in [-0.3, -0.25) is 4.79 Å². The molecule has 1 aromatic rings. The molecular formula is C21H28N2O3. The highest BCUT2D eigenvalue weighted by molar-refractivity contribution is 5.81. The minimum absolute atomic E-state index is 0.00951. The van der Waals surface area contributed by atoms with Crippen LogP contribution in [0.4, 0.5) is 4.79 Å². The fourth-order valence-electron chi connectivity index (χ4n) is 4.52. The number of hydrogen-bond donors (Lipinski definition) is 1. The molecule has 5 heteroatoms. The summed E-state index contributed by atoms with van der Waals surface area (Å²) >= 11 is 0. The molecule has 1 heterocycles. The molecule has 3 fully saturated rings. The van der Waals surface area contributed by atoms with E-state index in [2.05, 4.69) is 43.4 Å². The fraction of sp³-hybridized carbons (Fsp3) is 0.619. The third-order valence-corrected chi connectivity index (χ3v) is 6.61. The van der Waals surface area contributed by atoms with Crippen molar-refractivity contribution in [3.8, 4) is 0 Å². The average molecular weight is 356 g/mol. The van der Waals surface area contributed by atoms with Crippen molar-refractivity contribution in [1.29, 1.82) is 0 Å². The van der Waals surface area contributed by atoms with Gasteiger partial charge >= 0.3 is 6.09 Å². The summed E-state index contributed by atoms with van der Waals surface area (Å²) in [6, 6.07) is 9.14. The Morgan fingerprint density at radius 3 is 2.65 bits per heavy atom. The third kappa shape index (κ3) is 2.87. The summed E-state index contributed by atoms with van der Waals surface area (Å²) in [4.78, 5) is 25.7. The molecule has 0 unspecified atom stereocenters. The zero-order valence-electron chi connectivity index (χ0n) is 15.8. The van der Waals surface area contributed by atoms with E-state index >= 15 is 0 Å². The summed E-state index contributed by atoms with van der Waals surface area (Å²) < 4.78 is 5.11. The van der Waals surface area contributed by atoms with Crippen LogP contribution in [-0.2, 0) is 9.53 Å². The predicted octanol–water partition coefficient (Wildman–Crippen LogP) is 3.40. The SMILES string of the molecule is CC(C)c1cccc(C2CC(NC(=O)C3CC4(COC(=O)N4C)C3)C2)c1. The van der Waals surface area contributed by atoms with Crippen LogP contribution >= 0.6 is 0 Å².